The third kappa shape index (κ3) is 7.98. The Morgan fingerprint density at radius 2 is 1.53 bits per heavy atom. The summed E-state index contributed by atoms with van der Waals surface area (Å²) in [5.41, 5.74) is -3.05. The molecule has 1 saturated heterocycles. The first-order valence-electron chi connectivity index (χ1n) is 8.17. The van der Waals surface area contributed by atoms with E-state index in [2.05, 4.69) is 29.0 Å². The number of hydrogen-bond donors (Lipinski definition) is 3. The van der Waals surface area contributed by atoms with Gasteiger partial charge in [-0.3, -0.25) is 9.59 Å². The van der Waals surface area contributed by atoms with Crippen LogP contribution in [0.15, 0.2) is 0 Å². The molecule has 0 spiro atoms. The van der Waals surface area contributed by atoms with Crippen molar-refractivity contribution in [1.29, 1.82) is 0 Å². The van der Waals surface area contributed by atoms with Gasteiger partial charge < -0.3 is 24.8 Å². The third-order valence-electron chi connectivity index (χ3n) is 3.26. The quantitative estimate of drug-likeness (QED) is 0.215. The third-order valence-corrected chi connectivity index (χ3v) is 3.26. The second-order valence-corrected chi connectivity index (χ2v) is 5.84. The fraction of sp³-hybridized carbons (Fsp3) is 0.600. The molecule has 0 radical (unpaired) electrons. The van der Waals surface area contributed by atoms with Crippen molar-refractivity contribution in [3.8, 4) is 0 Å². The maximum atomic E-state index is 12.1. The van der Waals surface area contributed by atoms with Gasteiger partial charge in [-0.2, -0.15) is 0 Å². The van der Waals surface area contributed by atoms with Gasteiger partial charge in [-0.05, 0) is 0 Å². The summed E-state index contributed by atoms with van der Waals surface area (Å²) in [6.45, 7) is -0.0977. The zero-order chi connectivity index (χ0) is 22.9. The minimum absolute atomic E-state index is 0.578. The van der Waals surface area contributed by atoms with Crippen LogP contribution in [0.3, 0.4) is 0 Å². The molecule has 15 nitrogen and oxygen atoms in total. The standard InChI is InChI=1S/C15H18O15/c1-7(17)25-13(8(18)6-16)26-11(21)4-15(24)5-12(22)29-27-9(19)2-3-10(20)28-30-14(15)23/h8,13,16,18,24H,2-6H2,1H3. The molecule has 0 aromatic rings. The van der Waals surface area contributed by atoms with Crippen molar-refractivity contribution in [1.82, 2.24) is 0 Å². The lowest BCUT2D eigenvalue weighted by molar-refractivity contribution is -0.279. The number of carbonyl (C=O) groups excluding carboxylic acids is 6. The van der Waals surface area contributed by atoms with Gasteiger partial charge in [-0.1, -0.05) is 0 Å². The van der Waals surface area contributed by atoms with Crippen molar-refractivity contribution < 1.29 is 73.1 Å². The van der Waals surface area contributed by atoms with E-state index >= 15 is 0 Å². The smallest absolute Gasteiger partial charge is 0.387 e. The van der Waals surface area contributed by atoms with Crippen molar-refractivity contribution in [2.45, 2.75) is 50.6 Å². The molecule has 15 heteroatoms. The maximum Gasteiger partial charge on any atom is 0.387 e. The summed E-state index contributed by atoms with van der Waals surface area (Å²) in [6.07, 6.45) is -7.79. The lowest BCUT2D eigenvalue weighted by Gasteiger charge is -2.25. The van der Waals surface area contributed by atoms with E-state index in [1.54, 1.807) is 0 Å². The molecule has 1 fully saturated rings. The molecule has 0 saturated carbocycles. The highest BCUT2D eigenvalue weighted by Gasteiger charge is 2.46. The molecule has 3 N–H and O–H groups in total. The molecular formula is C15H18O15. The van der Waals surface area contributed by atoms with Crippen LogP contribution in [-0.4, -0.2) is 75.7 Å². The van der Waals surface area contributed by atoms with Crippen LogP contribution in [0.2, 0.25) is 0 Å². The minimum atomic E-state index is -3.05. The number of carbonyl (C=O) groups is 6. The second kappa shape index (κ2) is 11.0. The largest absolute Gasteiger partial charge is 0.422 e. The minimum Gasteiger partial charge on any atom is -0.422 e. The Morgan fingerprint density at radius 1 is 1.00 bits per heavy atom. The first kappa shape index (κ1) is 24.7. The zero-order valence-electron chi connectivity index (χ0n) is 15.4. The van der Waals surface area contributed by atoms with E-state index in [0.29, 0.717) is 0 Å². The predicted octanol–water partition coefficient (Wildman–Crippen LogP) is -2.92. The molecule has 30 heavy (non-hydrogen) atoms. The molecule has 1 heterocycles. The van der Waals surface area contributed by atoms with Crippen molar-refractivity contribution in [2.75, 3.05) is 6.61 Å². The number of rotatable bonds is 6. The number of ether oxygens (including phenoxy) is 2. The number of esters is 2. The van der Waals surface area contributed by atoms with Gasteiger partial charge in [0.05, 0.1) is 32.3 Å². The van der Waals surface area contributed by atoms with Gasteiger partial charge in [-0.25, -0.2) is 38.7 Å². The lowest BCUT2D eigenvalue weighted by Crippen LogP contribution is -2.46. The van der Waals surface area contributed by atoms with E-state index in [4.69, 9.17) is 5.11 Å². The fourth-order valence-corrected chi connectivity index (χ4v) is 1.86. The molecule has 3 unspecified atom stereocenters. The molecule has 0 bridgehead atoms. The molecule has 1 aliphatic heterocycles. The van der Waals surface area contributed by atoms with E-state index in [1.807, 2.05) is 0 Å². The van der Waals surface area contributed by atoms with Crippen molar-refractivity contribution in [2.24, 2.45) is 0 Å². The van der Waals surface area contributed by atoms with Gasteiger partial charge in [-0.15, -0.1) is 0 Å². The van der Waals surface area contributed by atoms with Crippen molar-refractivity contribution >= 4 is 35.8 Å². The Labute approximate surface area is 167 Å². The van der Waals surface area contributed by atoms with Gasteiger partial charge >= 0.3 is 35.8 Å². The summed E-state index contributed by atoms with van der Waals surface area (Å²) < 4.78 is 9.04. The molecule has 168 valence electrons. The Kier molecular flexibility index (Phi) is 9.10. The summed E-state index contributed by atoms with van der Waals surface area (Å²) in [4.78, 5) is 85.7. The first-order chi connectivity index (χ1) is 14.0. The molecule has 0 amide bonds. The predicted molar refractivity (Wildman–Crippen MR) is 82.5 cm³/mol. The van der Waals surface area contributed by atoms with Gasteiger partial charge in [0.25, 0.3) is 6.29 Å². The zero-order valence-corrected chi connectivity index (χ0v) is 15.4. The van der Waals surface area contributed by atoms with Crippen LogP contribution in [0.4, 0.5) is 0 Å². The topological polar surface area (TPSA) is 218 Å². The van der Waals surface area contributed by atoms with Crippen molar-refractivity contribution in [3.63, 3.8) is 0 Å². The summed E-state index contributed by atoms with van der Waals surface area (Å²) >= 11 is 0. The van der Waals surface area contributed by atoms with Crippen LogP contribution in [-0.2, 0) is 57.8 Å². The van der Waals surface area contributed by atoms with E-state index in [9.17, 15) is 39.0 Å². The van der Waals surface area contributed by atoms with Gasteiger partial charge in [0.2, 0.25) is 0 Å². The Balaban J connectivity index is 2.97. The molecule has 1 aliphatic rings. The van der Waals surface area contributed by atoms with Crippen LogP contribution in [0.1, 0.15) is 32.6 Å². The average Bonchev–Trinajstić information content (AvgIpc) is 2.66. The maximum absolute atomic E-state index is 12.1. The highest BCUT2D eigenvalue weighted by atomic mass is 17.2. The second-order valence-electron chi connectivity index (χ2n) is 5.84. The summed E-state index contributed by atoms with van der Waals surface area (Å²) in [5.74, 6) is -8.19. The lowest BCUT2D eigenvalue weighted by atomic mass is 9.96. The Morgan fingerprint density at radius 3 is 2.07 bits per heavy atom. The van der Waals surface area contributed by atoms with Crippen LogP contribution in [0.25, 0.3) is 0 Å². The van der Waals surface area contributed by atoms with Gasteiger partial charge in [0, 0.05) is 6.92 Å². The number of hydrogen-bond acceptors (Lipinski definition) is 15. The molecule has 0 aromatic carbocycles. The molecule has 1 rings (SSSR count). The van der Waals surface area contributed by atoms with Crippen LogP contribution < -0.4 is 0 Å². The molecule has 3 atom stereocenters. The Bertz CT molecular complexity index is 700. The van der Waals surface area contributed by atoms with Crippen LogP contribution >= 0.6 is 0 Å². The molecule has 0 aromatic heterocycles. The summed E-state index contributed by atoms with van der Waals surface area (Å²) in [7, 11) is 0. The van der Waals surface area contributed by atoms with Gasteiger partial charge in [0.1, 0.15) is 0 Å². The fourth-order valence-electron chi connectivity index (χ4n) is 1.86. The molecule has 0 aliphatic carbocycles. The first-order valence-corrected chi connectivity index (χ1v) is 8.17. The van der Waals surface area contributed by atoms with Crippen LogP contribution in [0, 0.1) is 0 Å². The summed E-state index contributed by atoms with van der Waals surface area (Å²) in [6, 6.07) is 0. The van der Waals surface area contributed by atoms with E-state index in [-0.39, 0.29) is 0 Å². The van der Waals surface area contributed by atoms with E-state index < -0.39 is 86.1 Å². The average molecular weight is 438 g/mol. The van der Waals surface area contributed by atoms with E-state index in [0.717, 1.165) is 6.92 Å². The van der Waals surface area contributed by atoms with Gasteiger partial charge in [0.15, 0.2) is 11.7 Å². The normalized spacial score (nSPS) is 22.7. The Hall–Kier alpha value is -3.30. The van der Waals surface area contributed by atoms with E-state index in [1.165, 1.54) is 0 Å². The SMILES string of the molecule is CC(=O)OC(OC(=O)CC1(O)CC(=O)OOC(=O)CCC(=O)OOC1=O)C(O)CO. The number of aliphatic hydroxyl groups excluding tert-OH is 2. The van der Waals surface area contributed by atoms with Crippen molar-refractivity contribution in [3.05, 3.63) is 0 Å². The monoisotopic (exact) mass is 438 g/mol. The molecular weight excluding hydrogens is 420 g/mol. The van der Waals surface area contributed by atoms with Crippen LogP contribution in [0.5, 0.6) is 0 Å². The summed E-state index contributed by atoms with van der Waals surface area (Å²) in [5, 5.41) is 28.8. The highest BCUT2D eigenvalue weighted by molar-refractivity contribution is 5.90. The number of aliphatic hydroxyl groups is 3. The highest BCUT2D eigenvalue weighted by Crippen LogP contribution is 2.22.